The molecule has 6 aromatic rings. The molecule has 224 valence electrons. The molecule has 0 N–H and O–H groups in total. The number of aryl methyl sites for hydroxylation is 4. The van der Waals surface area contributed by atoms with Crippen LogP contribution in [0.25, 0.3) is 44.5 Å². The van der Waals surface area contributed by atoms with Gasteiger partial charge in [0.05, 0.1) is 0 Å². The van der Waals surface area contributed by atoms with Gasteiger partial charge in [0, 0.05) is 10.8 Å². The molecular weight excluding hydrogens is 553 g/mol. The molecule has 0 radical (unpaired) electrons. The second kappa shape index (κ2) is 9.91. The van der Waals surface area contributed by atoms with Crippen LogP contribution in [0.15, 0.2) is 121 Å². The van der Waals surface area contributed by atoms with Crippen molar-refractivity contribution in [1.82, 2.24) is 0 Å². The second-order valence-corrected chi connectivity index (χ2v) is 14.8. The predicted octanol–water partition coefficient (Wildman–Crippen LogP) is 11.5. The highest BCUT2D eigenvalue weighted by molar-refractivity contribution is 5.85. The van der Waals surface area contributed by atoms with E-state index in [0.717, 1.165) is 25.7 Å². The summed E-state index contributed by atoms with van der Waals surface area (Å²) in [5, 5.41) is 0. The molecule has 0 unspecified atom stereocenters. The summed E-state index contributed by atoms with van der Waals surface area (Å²) in [5.74, 6) is 0. The Morgan fingerprint density at radius 2 is 0.761 bits per heavy atom. The molecule has 0 saturated heterocycles. The Bertz CT molecular complexity index is 2050. The number of hydrogen-bond acceptors (Lipinski definition) is 0. The molecule has 0 nitrogen and oxygen atoms in total. The molecule has 0 amide bonds. The maximum atomic E-state index is 2.49. The van der Waals surface area contributed by atoms with Crippen molar-refractivity contribution in [1.29, 1.82) is 0 Å². The van der Waals surface area contributed by atoms with E-state index in [1.54, 1.807) is 0 Å². The third-order valence-corrected chi connectivity index (χ3v) is 11.5. The lowest BCUT2D eigenvalue weighted by molar-refractivity contribution is 0.660. The molecular formula is C46H40. The minimum absolute atomic E-state index is 0.00245. The van der Waals surface area contributed by atoms with Gasteiger partial charge in [-0.15, -0.1) is 0 Å². The predicted molar refractivity (Wildman–Crippen MR) is 194 cm³/mol. The van der Waals surface area contributed by atoms with Crippen molar-refractivity contribution in [2.75, 3.05) is 0 Å². The summed E-state index contributed by atoms with van der Waals surface area (Å²) in [6, 6.07) is 46.9. The highest BCUT2D eigenvalue weighted by Gasteiger charge is 2.36. The van der Waals surface area contributed by atoms with Crippen LogP contribution in [-0.4, -0.2) is 0 Å². The summed E-state index contributed by atoms with van der Waals surface area (Å²) >= 11 is 0. The monoisotopic (exact) mass is 592 g/mol. The first-order valence-electron chi connectivity index (χ1n) is 17.0. The average molecular weight is 593 g/mol. The number of benzene rings is 6. The van der Waals surface area contributed by atoms with E-state index in [1.165, 1.54) is 89.0 Å². The first kappa shape index (κ1) is 27.6. The zero-order valence-electron chi connectivity index (χ0n) is 27.4. The van der Waals surface area contributed by atoms with Gasteiger partial charge in [-0.05, 0) is 127 Å². The lowest BCUT2D eigenvalue weighted by Crippen LogP contribution is -2.15. The van der Waals surface area contributed by atoms with Gasteiger partial charge in [0.2, 0.25) is 0 Å². The van der Waals surface area contributed by atoms with Crippen LogP contribution in [0, 0.1) is 0 Å². The molecule has 0 spiro atoms. The quantitative estimate of drug-likeness (QED) is 0.188. The van der Waals surface area contributed by atoms with Gasteiger partial charge < -0.3 is 0 Å². The summed E-state index contributed by atoms with van der Waals surface area (Å²) in [4.78, 5) is 0. The lowest BCUT2D eigenvalue weighted by Gasteiger charge is -2.23. The van der Waals surface area contributed by atoms with E-state index in [4.69, 9.17) is 0 Å². The molecule has 0 saturated carbocycles. The van der Waals surface area contributed by atoms with Gasteiger partial charge in [0.15, 0.2) is 0 Å². The summed E-state index contributed by atoms with van der Waals surface area (Å²) < 4.78 is 0. The molecule has 0 aromatic heterocycles. The topological polar surface area (TPSA) is 0 Å². The van der Waals surface area contributed by atoms with Crippen molar-refractivity contribution in [2.45, 2.75) is 64.2 Å². The Hall–Kier alpha value is -4.68. The third kappa shape index (κ3) is 4.06. The third-order valence-electron chi connectivity index (χ3n) is 11.5. The summed E-state index contributed by atoms with van der Waals surface area (Å²) in [6.45, 7) is 9.53. The van der Waals surface area contributed by atoms with E-state index >= 15 is 0 Å². The summed E-state index contributed by atoms with van der Waals surface area (Å²) in [5.41, 5.74) is 22.6. The van der Waals surface area contributed by atoms with Crippen LogP contribution in [0.5, 0.6) is 0 Å². The minimum atomic E-state index is 0.00245. The van der Waals surface area contributed by atoms with E-state index in [9.17, 15) is 0 Å². The number of rotatable bonds is 2. The number of hydrogen-bond donors (Lipinski definition) is 0. The molecule has 0 heteroatoms. The normalized spacial score (nSPS) is 16.3. The highest BCUT2D eigenvalue weighted by atomic mass is 14.4. The van der Waals surface area contributed by atoms with Crippen LogP contribution in [0.1, 0.15) is 72.2 Å². The molecule has 0 heterocycles. The van der Waals surface area contributed by atoms with Crippen LogP contribution in [0.4, 0.5) is 0 Å². The first-order chi connectivity index (χ1) is 22.3. The van der Waals surface area contributed by atoms with E-state index < -0.39 is 0 Å². The summed E-state index contributed by atoms with van der Waals surface area (Å²) in [7, 11) is 0. The molecule has 46 heavy (non-hydrogen) atoms. The van der Waals surface area contributed by atoms with Gasteiger partial charge in [-0.3, -0.25) is 0 Å². The first-order valence-corrected chi connectivity index (χ1v) is 17.0. The van der Waals surface area contributed by atoms with E-state index in [-0.39, 0.29) is 10.8 Å². The molecule has 0 fully saturated rings. The van der Waals surface area contributed by atoms with E-state index in [1.807, 2.05) is 0 Å². The van der Waals surface area contributed by atoms with Gasteiger partial charge in [-0.2, -0.15) is 0 Å². The highest BCUT2D eigenvalue weighted by Crippen LogP contribution is 2.51. The van der Waals surface area contributed by atoms with Crippen LogP contribution in [0.3, 0.4) is 0 Å². The summed E-state index contributed by atoms with van der Waals surface area (Å²) in [6.07, 6.45) is 4.12. The Balaban J connectivity index is 1.11. The van der Waals surface area contributed by atoms with Gasteiger partial charge >= 0.3 is 0 Å². The fraction of sp³-hybridized carbons (Fsp3) is 0.217. The number of fused-ring (bicyclic) bond motifs is 6. The smallest absolute Gasteiger partial charge is 0.0159 e. The average Bonchev–Trinajstić information content (AvgIpc) is 3.45. The van der Waals surface area contributed by atoms with Crippen LogP contribution in [0.2, 0.25) is 0 Å². The van der Waals surface area contributed by atoms with Crippen molar-refractivity contribution in [3.05, 3.63) is 166 Å². The van der Waals surface area contributed by atoms with Gasteiger partial charge in [-0.1, -0.05) is 137 Å². The maximum Gasteiger partial charge on any atom is 0.0159 e. The molecule has 0 aliphatic heterocycles. The minimum Gasteiger partial charge on any atom is -0.0619 e. The Morgan fingerprint density at radius 3 is 1.22 bits per heavy atom. The van der Waals surface area contributed by atoms with Crippen molar-refractivity contribution in [2.24, 2.45) is 0 Å². The van der Waals surface area contributed by atoms with Crippen LogP contribution in [-0.2, 0) is 36.5 Å². The molecule has 12 rings (SSSR count). The van der Waals surface area contributed by atoms with Gasteiger partial charge in [0.25, 0.3) is 0 Å². The Kier molecular flexibility index (Phi) is 5.95. The van der Waals surface area contributed by atoms with Crippen LogP contribution < -0.4 is 0 Å². The molecule has 6 aromatic carbocycles. The molecule has 4 bridgehead atoms. The second-order valence-electron chi connectivity index (χ2n) is 14.8. The van der Waals surface area contributed by atoms with E-state index in [0.29, 0.717) is 0 Å². The maximum absolute atomic E-state index is 2.49. The zero-order valence-corrected chi connectivity index (χ0v) is 27.4. The van der Waals surface area contributed by atoms with Gasteiger partial charge in [-0.25, -0.2) is 0 Å². The fourth-order valence-corrected chi connectivity index (χ4v) is 8.83. The largest absolute Gasteiger partial charge is 0.0619 e. The Morgan fingerprint density at radius 1 is 0.348 bits per heavy atom. The lowest BCUT2D eigenvalue weighted by atomic mass is 9.80. The Labute approximate surface area is 273 Å². The zero-order chi connectivity index (χ0) is 31.2. The molecule has 6 aliphatic carbocycles. The molecule has 0 atom stereocenters. The fourth-order valence-electron chi connectivity index (χ4n) is 8.83. The SMILES string of the molecule is CC1(C)c2ccccc2-c2ccc(-c3cc4ccc3CCc3ccc(cc3-c3ccc5c(c3)C(C)(C)c3ccccc3-5)CC4)cc21. The van der Waals surface area contributed by atoms with E-state index in [2.05, 4.69) is 149 Å². The van der Waals surface area contributed by atoms with Crippen molar-refractivity contribution >= 4 is 0 Å². The van der Waals surface area contributed by atoms with Gasteiger partial charge in [0.1, 0.15) is 0 Å². The van der Waals surface area contributed by atoms with Crippen molar-refractivity contribution in [3.63, 3.8) is 0 Å². The standard InChI is InChI=1S/C46H40/c1-45(2)41-11-7-5-9-35(41)37-23-21-33(27-43(37)45)39-25-29-13-14-30-16-18-32(20-19-31(39)17-15-29)40(26-30)34-22-24-38-36-10-6-8-12-42(36)46(3,4)44(38)28-34/h5-12,15-18,21-28H,13-14,19-20H2,1-4H3. The molecule has 6 aliphatic rings. The van der Waals surface area contributed by atoms with Crippen molar-refractivity contribution in [3.8, 4) is 44.5 Å². The van der Waals surface area contributed by atoms with Crippen molar-refractivity contribution < 1.29 is 0 Å². The van der Waals surface area contributed by atoms with Crippen LogP contribution >= 0.6 is 0 Å².